The number of hydrogen-bond donors (Lipinski definition) is 1. The number of nitrogens with zero attached hydrogens (tertiary/aromatic N) is 4. The van der Waals surface area contributed by atoms with E-state index in [1.54, 1.807) is 0 Å². The minimum Gasteiger partial charge on any atom is -0.349 e. The summed E-state index contributed by atoms with van der Waals surface area (Å²) in [6.45, 7) is 3.56. The SMILES string of the molecule is CCn1c2ccccc2c2nnc(NCc3ccc(Cl)cc3)nc21. The van der Waals surface area contributed by atoms with Crippen LogP contribution in [0.1, 0.15) is 12.5 Å². The van der Waals surface area contributed by atoms with Crippen LogP contribution in [0.2, 0.25) is 5.02 Å². The van der Waals surface area contributed by atoms with Crippen LogP contribution in [0.5, 0.6) is 0 Å². The molecular weight excluding hydrogens is 322 g/mol. The molecule has 2 aromatic heterocycles. The first-order valence-corrected chi connectivity index (χ1v) is 8.24. The van der Waals surface area contributed by atoms with Crippen molar-refractivity contribution in [2.45, 2.75) is 20.0 Å². The van der Waals surface area contributed by atoms with Crippen LogP contribution in [0, 0.1) is 0 Å². The molecule has 0 bridgehead atoms. The summed E-state index contributed by atoms with van der Waals surface area (Å²) in [5, 5.41) is 13.6. The van der Waals surface area contributed by atoms with Crippen molar-refractivity contribution in [3.8, 4) is 0 Å². The van der Waals surface area contributed by atoms with E-state index in [4.69, 9.17) is 11.6 Å². The summed E-state index contributed by atoms with van der Waals surface area (Å²) in [6, 6.07) is 15.9. The number of halogens is 1. The lowest BCUT2D eigenvalue weighted by Gasteiger charge is -2.06. The molecule has 0 saturated heterocycles. The molecule has 0 saturated carbocycles. The van der Waals surface area contributed by atoms with E-state index in [0.717, 1.165) is 39.2 Å². The molecule has 0 radical (unpaired) electrons. The lowest BCUT2D eigenvalue weighted by atomic mass is 10.2. The third kappa shape index (κ3) is 2.57. The summed E-state index contributed by atoms with van der Waals surface area (Å²) in [5.74, 6) is 0.523. The lowest BCUT2D eigenvalue weighted by molar-refractivity contribution is 0.810. The maximum absolute atomic E-state index is 5.91. The van der Waals surface area contributed by atoms with Crippen molar-refractivity contribution in [1.29, 1.82) is 0 Å². The highest BCUT2D eigenvalue weighted by atomic mass is 35.5. The number of rotatable bonds is 4. The number of hydrogen-bond acceptors (Lipinski definition) is 4. The average Bonchev–Trinajstić information content (AvgIpc) is 2.94. The predicted molar refractivity (Wildman–Crippen MR) is 97.3 cm³/mol. The van der Waals surface area contributed by atoms with Crippen LogP contribution < -0.4 is 5.32 Å². The molecule has 1 N–H and O–H groups in total. The molecule has 4 rings (SSSR count). The fourth-order valence-corrected chi connectivity index (χ4v) is 3.01. The molecule has 0 aliphatic heterocycles. The van der Waals surface area contributed by atoms with Crippen molar-refractivity contribution in [3.05, 3.63) is 59.1 Å². The first-order valence-electron chi connectivity index (χ1n) is 7.86. The highest BCUT2D eigenvalue weighted by Gasteiger charge is 2.13. The summed E-state index contributed by atoms with van der Waals surface area (Å²) < 4.78 is 2.16. The Bertz CT molecular complexity index is 1010. The van der Waals surface area contributed by atoms with Crippen molar-refractivity contribution in [2.75, 3.05) is 5.32 Å². The van der Waals surface area contributed by atoms with Gasteiger partial charge in [0.2, 0.25) is 5.95 Å². The normalized spacial score (nSPS) is 11.2. The zero-order chi connectivity index (χ0) is 16.5. The van der Waals surface area contributed by atoms with Crippen molar-refractivity contribution in [1.82, 2.24) is 19.7 Å². The van der Waals surface area contributed by atoms with Crippen LogP contribution in [-0.2, 0) is 13.1 Å². The van der Waals surface area contributed by atoms with Crippen molar-refractivity contribution >= 4 is 39.6 Å². The maximum Gasteiger partial charge on any atom is 0.245 e. The average molecular weight is 338 g/mol. The summed E-state index contributed by atoms with van der Waals surface area (Å²) >= 11 is 5.91. The molecule has 6 heteroatoms. The van der Waals surface area contributed by atoms with Crippen molar-refractivity contribution in [3.63, 3.8) is 0 Å². The molecule has 0 amide bonds. The molecule has 120 valence electrons. The highest BCUT2D eigenvalue weighted by Crippen LogP contribution is 2.26. The summed E-state index contributed by atoms with van der Waals surface area (Å²) in [7, 11) is 0. The van der Waals surface area contributed by atoms with Crippen LogP contribution in [0.15, 0.2) is 48.5 Å². The molecule has 24 heavy (non-hydrogen) atoms. The number of benzene rings is 2. The molecule has 0 fully saturated rings. The van der Waals surface area contributed by atoms with Crippen LogP contribution >= 0.6 is 11.6 Å². The molecule has 0 unspecified atom stereocenters. The number of aryl methyl sites for hydroxylation is 1. The van der Waals surface area contributed by atoms with E-state index in [1.165, 1.54) is 0 Å². The Hall–Kier alpha value is -2.66. The van der Waals surface area contributed by atoms with Gasteiger partial charge < -0.3 is 9.88 Å². The Morgan fingerprint density at radius 3 is 2.62 bits per heavy atom. The third-order valence-corrected chi connectivity index (χ3v) is 4.31. The van der Waals surface area contributed by atoms with Gasteiger partial charge >= 0.3 is 0 Å². The molecule has 0 aliphatic carbocycles. The van der Waals surface area contributed by atoms with Gasteiger partial charge in [-0.1, -0.05) is 41.9 Å². The molecule has 2 heterocycles. The number of aromatic nitrogens is 4. The monoisotopic (exact) mass is 337 g/mol. The standard InChI is InChI=1S/C18H16ClN5/c1-2-24-15-6-4-3-5-14(15)16-17(24)21-18(23-22-16)20-11-12-7-9-13(19)10-8-12/h3-10H,2,11H2,1H3,(H,20,21,23). The second-order valence-corrected chi connectivity index (χ2v) is 5.99. The lowest BCUT2D eigenvalue weighted by Crippen LogP contribution is -2.06. The molecule has 0 atom stereocenters. The number of nitrogens with one attached hydrogen (secondary N) is 1. The fraction of sp³-hybridized carbons (Fsp3) is 0.167. The molecular formula is C18H16ClN5. The van der Waals surface area contributed by atoms with Gasteiger partial charge in [0.1, 0.15) is 5.52 Å². The Morgan fingerprint density at radius 1 is 1.04 bits per heavy atom. The summed E-state index contributed by atoms with van der Waals surface area (Å²) in [4.78, 5) is 4.67. The van der Waals surface area contributed by atoms with Gasteiger partial charge in [0, 0.05) is 23.5 Å². The predicted octanol–water partition coefficient (Wildman–Crippen LogP) is 4.26. The molecule has 0 aliphatic rings. The van der Waals surface area contributed by atoms with E-state index < -0.39 is 0 Å². The van der Waals surface area contributed by atoms with Crippen LogP contribution in [-0.4, -0.2) is 19.7 Å². The second kappa shape index (κ2) is 6.09. The zero-order valence-corrected chi connectivity index (χ0v) is 14.0. The third-order valence-electron chi connectivity index (χ3n) is 4.05. The molecule has 5 nitrogen and oxygen atoms in total. The van der Waals surface area contributed by atoms with Gasteiger partial charge in [-0.2, -0.15) is 4.98 Å². The van der Waals surface area contributed by atoms with E-state index in [2.05, 4.69) is 44.1 Å². The van der Waals surface area contributed by atoms with E-state index in [-0.39, 0.29) is 0 Å². The Kier molecular flexibility index (Phi) is 3.78. The van der Waals surface area contributed by atoms with Gasteiger partial charge in [-0.3, -0.25) is 0 Å². The first kappa shape index (κ1) is 14.9. The Morgan fingerprint density at radius 2 is 1.83 bits per heavy atom. The van der Waals surface area contributed by atoms with Crippen LogP contribution in [0.25, 0.3) is 22.1 Å². The van der Waals surface area contributed by atoms with Gasteiger partial charge in [-0.05, 0) is 30.7 Å². The van der Waals surface area contributed by atoms with Crippen LogP contribution in [0.3, 0.4) is 0 Å². The fourth-order valence-electron chi connectivity index (χ4n) is 2.88. The van der Waals surface area contributed by atoms with Crippen LogP contribution in [0.4, 0.5) is 5.95 Å². The number of fused-ring (bicyclic) bond motifs is 3. The van der Waals surface area contributed by atoms with E-state index in [9.17, 15) is 0 Å². The molecule has 2 aromatic carbocycles. The van der Waals surface area contributed by atoms with E-state index >= 15 is 0 Å². The van der Waals surface area contributed by atoms with E-state index in [0.29, 0.717) is 12.5 Å². The van der Waals surface area contributed by atoms with Gasteiger partial charge in [0.15, 0.2) is 5.65 Å². The Balaban J connectivity index is 1.70. The smallest absolute Gasteiger partial charge is 0.245 e. The topological polar surface area (TPSA) is 55.6 Å². The van der Waals surface area contributed by atoms with Gasteiger partial charge in [-0.15, -0.1) is 10.2 Å². The van der Waals surface area contributed by atoms with Crippen molar-refractivity contribution < 1.29 is 0 Å². The van der Waals surface area contributed by atoms with Crippen molar-refractivity contribution in [2.24, 2.45) is 0 Å². The zero-order valence-electron chi connectivity index (χ0n) is 13.2. The molecule has 4 aromatic rings. The summed E-state index contributed by atoms with van der Waals surface area (Å²) in [5.41, 5.74) is 3.93. The van der Waals surface area contributed by atoms with Gasteiger partial charge in [0.05, 0.1) is 5.52 Å². The largest absolute Gasteiger partial charge is 0.349 e. The van der Waals surface area contributed by atoms with E-state index in [1.807, 2.05) is 36.4 Å². The number of anilines is 1. The minimum absolute atomic E-state index is 0.523. The van der Waals surface area contributed by atoms with Gasteiger partial charge in [0.25, 0.3) is 0 Å². The summed E-state index contributed by atoms with van der Waals surface area (Å²) in [6.07, 6.45) is 0. The first-order chi connectivity index (χ1) is 11.8. The highest BCUT2D eigenvalue weighted by molar-refractivity contribution is 6.30. The quantitative estimate of drug-likeness (QED) is 0.604. The van der Waals surface area contributed by atoms with Gasteiger partial charge in [-0.25, -0.2) is 0 Å². The maximum atomic E-state index is 5.91. The number of para-hydroxylation sites is 1. The Labute approximate surface area is 144 Å². The molecule has 0 spiro atoms. The second-order valence-electron chi connectivity index (χ2n) is 5.55. The minimum atomic E-state index is 0.523.